The first-order valence-electron chi connectivity index (χ1n) is 7.35. The average molecular weight is 327 g/mol. The number of H-pyrrole nitrogens is 1. The summed E-state index contributed by atoms with van der Waals surface area (Å²) >= 11 is 4.44. The second kappa shape index (κ2) is 6.42. The van der Waals surface area contributed by atoms with E-state index in [0.29, 0.717) is 16.9 Å². The van der Waals surface area contributed by atoms with Gasteiger partial charge in [0.1, 0.15) is 11.6 Å². The van der Waals surface area contributed by atoms with Gasteiger partial charge in [-0.15, -0.1) is 0 Å². The standard InChI is InChI=1S/C17H17N3O2S/c1-3-13(23)15-19-16-14(17(21)20-15)12(8-9-18-16)10-4-6-11(22-2)7-5-10/h4-9,13,23H,3H2,1-2H3,(H,18,19,20,21). The molecule has 0 radical (unpaired) electrons. The summed E-state index contributed by atoms with van der Waals surface area (Å²) in [5.41, 5.74) is 1.95. The third-order valence-corrected chi connectivity index (χ3v) is 4.34. The van der Waals surface area contributed by atoms with E-state index in [1.54, 1.807) is 13.3 Å². The van der Waals surface area contributed by atoms with Crippen LogP contribution in [0.5, 0.6) is 5.75 Å². The maximum Gasteiger partial charge on any atom is 0.261 e. The molecule has 5 nitrogen and oxygen atoms in total. The Morgan fingerprint density at radius 1 is 1.26 bits per heavy atom. The van der Waals surface area contributed by atoms with Crippen LogP contribution >= 0.6 is 12.6 Å². The van der Waals surface area contributed by atoms with Crippen LogP contribution in [0.2, 0.25) is 0 Å². The number of hydrogen-bond donors (Lipinski definition) is 2. The molecule has 3 aromatic rings. The molecule has 3 rings (SSSR count). The smallest absolute Gasteiger partial charge is 0.261 e. The fraction of sp³-hybridized carbons (Fsp3) is 0.235. The minimum atomic E-state index is -0.198. The van der Waals surface area contributed by atoms with Gasteiger partial charge < -0.3 is 9.72 Å². The number of rotatable bonds is 4. The maximum absolute atomic E-state index is 12.5. The van der Waals surface area contributed by atoms with E-state index >= 15 is 0 Å². The summed E-state index contributed by atoms with van der Waals surface area (Å²) < 4.78 is 5.17. The van der Waals surface area contributed by atoms with E-state index in [1.807, 2.05) is 37.3 Å². The molecule has 0 aliphatic carbocycles. The average Bonchev–Trinajstić information content (AvgIpc) is 2.60. The van der Waals surface area contributed by atoms with Gasteiger partial charge in [-0.05, 0) is 35.7 Å². The first-order chi connectivity index (χ1) is 11.1. The number of nitrogens with zero attached hydrogens (tertiary/aromatic N) is 2. The molecular weight excluding hydrogens is 310 g/mol. The lowest BCUT2D eigenvalue weighted by Crippen LogP contribution is -2.14. The Labute approximate surface area is 139 Å². The van der Waals surface area contributed by atoms with Crippen LogP contribution in [0.1, 0.15) is 24.4 Å². The third-order valence-electron chi connectivity index (χ3n) is 3.73. The molecule has 0 aliphatic heterocycles. The predicted octanol–water partition coefficient (Wildman–Crippen LogP) is 3.37. The van der Waals surface area contributed by atoms with E-state index in [-0.39, 0.29) is 10.8 Å². The van der Waals surface area contributed by atoms with Crippen molar-refractivity contribution in [3.8, 4) is 16.9 Å². The number of methoxy groups -OCH3 is 1. The number of pyridine rings is 1. The Bertz CT molecular complexity index is 890. The van der Waals surface area contributed by atoms with E-state index in [4.69, 9.17) is 4.74 Å². The van der Waals surface area contributed by atoms with Crippen molar-refractivity contribution in [3.05, 3.63) is 52.7 Å². The van der Waals surface area contributed by atoms with Gasteiger partial charge in [-0.3, -0.25) is 4.79 Å². The first-order valence-corrected chi connectivity index (χ1v) is 7.87. The number of hydrogen-bond acceptors (Lipinski definition) is 5. The Kier molecular flexibility index (Phi) is 4.34. The van der Waals surface area contributed by atoms with E-state index < -0.39 is 0 Å². The van der Waals surface area contributed by atoms with Crippen molar-refractivity contribution in [2.75, 3.05) is 7.11 Å². The van der Waals surface area contributed by atoms with Crippen LogP contribution < -0.4 is 10.3 Å². The van der Waals surface area contributed by atoms with Gasteiger partial charge in [0, 0.05) is 6.20 Å². The van der Waals surface area contributed by atoms with Gasteiger partial charge in [-0.25, -0.2) is 9.97 Å². The van der Waals surface area contributed by atoms with Crippen molar-refractivity contribution in [3.63, 3.8) is 0 Å². The summed E-state index contributed by atoms with van der Waals surface area (Å²) in [6.07, 6.45) is 2.44. The Balaban J connectivity index is 2.20. The monoisotopic (exact) mass is 327 g/mol. The number of benzene rings is 1. The van der Waals surface area contributed by atoms with E-state index in [0.717, 1.165) is 23.3 Å². The SMILES string of the molecule is CCC(S)c1nc2nccc(-c3ccc(OC)cc3)c2c(=O)[nH]1. The molecule has 1 aromatic carbocycles. The molecule has 1 atom stereocenters. The second-order valence-electron chi connectivity index (χ2n) is 5.16. The molecule has 0 saturated carbocycles. The summed E-state index contributed by atoms with van der Waals surface area (Å²) in [5, 5.41) is 0.372. The quantitative estimate of drug-likeness (QED) is 0.721. The number of aromatic nitrogens is 3. The fourth-order valence-corrected chi connectivity index (χ4v) is 2.56. The van der Waals surface area contributed by atoms with Gasteiger partial charge in [-0.1, -0.05) is 19.1 Å². The Morgan fingerprint density at radius 2 is 2.00 bits per heavy atom. The number of thiol groups is 1. The van der Waals surface area contributed by atoms with Crippen LogP contribution in [0.15, 0.2) is 41.3 Å². The highest BCUT2D eigenvalue weighted by Crippen LogP contribution is 2.27. The maximum atomic E-state index is 12.5. The molecule has 1 N–H and O–H groups in total. The molecule has 0 bridgehead atoms. The molecule has 0 fully saturated rings. The van der Waals surface area contributed by atoms with Gasteiger partial charge in [0.2, 0.25) is 0 Å². The Hall–Kier alpha value is -2.34. The highest BCUT2D eigenvalue weighted by molar-refractivity contribution is 7.80. The molecule has 1 unspecified atom stereocenters. The normalized spacial score (nSPS) is 12.3. The first kappa shape index (κ1) is 15.6. The van der Waals surface area contributed by atoms with Crippen LogP contribution in [0.25, 0.3) is 22.2 Å². The number of fused-ring (bicyclic) bond motifs is 1. The summed E-state index contributed by atoms with van der Waals surface area (Å²) in [7, 11) is 1.62. The van der Waals surface area contributed by atoms with Crippen LogP contribution in [0.4, 0.5) is 0 Å². The molecule has 0 amide bonds. The highest BCUT2D eigenvalue weighted by Gasteiger charge is 2.14. The molecule has 118 valence electrons. The minimum absolute atomic E-state index is 0.112. The number of nitrogens with one attached hydrogen (secondary N) is 1. The minimum Gasteiger partial charge on any atom is -0.497 e. The van der Waals surface area contributed by atoms with Crippen molar-refractivity contribution in [2.24, 2.45) is 0 Å². The van der Waals surface area contributed by atoms with Crippen LogP contribution in [0, 0.1) is 0 Å². The van der Waals surface area contributed by atoms with E-state index in [1.165, 1.54) is 0 Å². The molecule has 0 spiro atoms. The molecule has 2 heterocycles. The molecule has 6 heteroatoms. The zero-order valence-corrected chi connectivity index (χ0v) is 13.8. The second-order valence-corrected chi connectivity index (χ2v) is 5.78. The largest absolute Gasteiger partial charge is 0.497 e. The van der Waals surface area contributed by atoms with E-state index in [2.05, 4.69) is 27.6 Å². The van der Waals surface area contributed by atoms with Gasteiger partial charge >= 0.3 is 0 Å². The van der Waals surface area contributed by atoms with Crippen molar-refractivity contribution in [1.29, 1.82) is 0 Å². The lowest BCUT2D eigenvalue weighted by atomic mass is 10.0. The van der Waals surface area contributed by atoms with Gasteiger partial charge in [0.05, 0.1) is 17.7 Å². The van der Waals surface area contributed by atoms with Crippen molar-refractivity contribution in [2.45, 2.75) is 18.6 Å². The van der Waals surface area contributed by atoms with E-state index in [9.17, 15) is 4.79 Å². The summed E-state index contributed by atoms with van der Waals surface area (Å²) in [6.45, 7) is 1.99. The van der Waals surface area contributed by atoms with Gasteiger partial charge in [-0.2, -0.15) is 12.6 Å². The number of aromatic amines is 1. The zero-order valence-electron chi connectivity index (χ0n) is 12.9. The molecule has 0 aliphatic rings. The van der Waals surface area contributed by atoms with Crippen molar-refractivity contribution >= 4 is 23.7 Å². The highest BCUT2D eigenvalue weighted by atomic mass is 32.1. The molecular formula is C17H17N3O2S. The molecule has 2 aromatic heterocycles. The van der Waals surface area contributed by atoms with Crippen LogP contribution in [-0.4, -0.2) is 22.1 Å². The summed E-state index contributed by atoms with van der Waals surface area (Å²) in [5.74, 6) is 1.31. The van der Waals surface area contributed by atoms with Crippen molar-refractivity contribution < 1.29 is 4.74 Å². The van der Waals surface area contributed by atoms with Crippen LogP contribution in [0.3, 0.4) is 0 Å². The van der Waals surface area contributed by atoms with Crippen molar-refractivity contribution in [1.82, 2.24) is 15.0 Å². The number of ether oxygens (including phenoxy) is 1. The lowest BCUT2D eigenvalue weighted by molar-refractivity contribution is 0.415. The third kappa shape index (κ3) is 2.94. The zero-order chi connectivity index (χ0) is 16.4. The molecule has 0 saturated heterocycles. The topological polar surface area (TPSA) is 67.9 Å². The summed E-state index contributed by atoms with van der Waals surface area (Å²) in [6, 6.07) is 9.36. The summed E-state index contributed by atoms with van der Waals surface area (Å²) in [4.78, 5) is 24.1. The van der Waals surface area contributed by atoms with Gasteiger partial charge in [0.25, 0.3) is 5.56 Å². The predicted molar refractivity (Wildman–Crippen MR) is 94.2 cm³/mol. The Morgan fingerprint density at radius 3 is 2.65 bits per heavy atom. The van der Waals surface area contributed by atoms with Gasteiger partial charge in [0.15, 0.2) is 5.65 Å². The van der Waals surface area contributed by atoms with Crippen LogP contribution in [-0.2, 0) is 0 Å². The lowest BCUT2D eigenvalue weighted by Gasteiger charge is -2.10. The molecule has 23 heavy (non-hydrogen) atoms. The fourth-order valence-electron chi connectivity index (χ4n) is 2.44.